The molecule has 11 rings (SSSR count). The number of rotatable bonds is 7. The molecule has 0 saturated heterocycles. The van der Waals surface area contributed by atoms with Gasteiger partial charge in [0.15, 0.2) is 8.07 Å². The number of para-hydroxylation sites is 4. The zero-order chi connectivity index (χ0) is 37.8. The van der Waals surface area contributed by atoms with Crippen molar-refractivity contribution in [2.24, 2.45) is 0 Å². The first-order valence-electron chi connectivity index (χ1n) is 19.7. The molecule has 0 saturated carbocycles. The van der Waals surface area contributed by atoms with Gasteiger partial charge in [0.2, 0.25) is 0 Å². The van der Waals surface area contributed by atoms with Crippen LogP contribution in [-0.2, 0) is 0 Å². The van der Waals surface area contributed by atoms with Crippen molar-refractivity contribution in [2.75, 3.05) is 0 Å². The van der Waals surface area contributed by atoms with E-state index in [9.17, 15) is 0 Å². The van der Waals surface area contributed by atoms with Gasteiger partial charge in [0.05, 0.1) is 33.4 Å². The van der Waals surface area contributed by atoms with Gasteiger partial charge in [-0.1, -0.05) is 200 Å². The van der Waals surface area contributed by atoms with E-state index in [1.807, 2.05) is 0 Å². The van der Waals surface area contributed by atoms with Gasteiger partial charge in [0, 0.05) is 27.1 Å². The van der Waals surface area contributed by atoms with Crippen LogP contribution in [0.4, 0.5) is 0 Å². The van der Waals surface area contributed by atoms with Crippen LogP contribution >= 0.6 is 0 Å². The molecular formula is C54H38N2Si. The van der Waals surface area contributed by atoms with E-state index in [0.29, 0.717) is 0 Å². The van der Waals surface area contributed by atoms with Gasteiger partial charge >= 0.3 is 0 Å². The van der Waals surface area contributed by atoms with Crippen molar-refractivity contribution in [1.82, 2.24) is 9.13 Å². The molecule has 0 amide bonds. The van der Waals surface area contributed by atoms with E-state index in [-0.39, 0.29) is 0 Å². The molecule has 0 unspecified atom stereocenters. The standard InChI is InChI=1S/C54H38N2Si/c1-5-21-39(22-6-1)43-29-13-16-33-47(43)56-48-34-17-14-30-44(48)45-32-19-37-51(54(45)56)55-49-35-18-15-31-46(49)53-50(55)36-20-38-52(53)57(40-23-7-2-8-24-40,41-25-9-3-10-26-41)42-27-11-4-12-28-42/h1-38H. The maximum Gasteiger partial charge on any atom is 0.180 e. The van der Waals surface area contributed by atoms with E-state index in [1.165, 1.54) is 75.5 Å². The number of nitrogens with zero attached hydrogens (tertiary/aromatic N) is 2. The molecule has 9 aromatic carbocycles. The number of aromatic nitrogens is 2. The van der Waals surface area contributed by atoms with Crippen LogP contribution in [0, 0.1) is 0 Å². The van der Waals surface area contributed by atoms with Crippen LogP contribution in [0.25, 0.3) is 66.1 Å². The largest absolute Gasteiger partial charge is 0.307 e. The van der Waals surface area contributed by atoms with Crippen molar-refractivity contribution in [3.63, 3.8) is 0 Å². The Morgan fingerprint density at radius 1 is 0.298 bits per heavy atom. The van der Waals surface area contributed by atoms with Crippen molar-refractivity contribution in [1.29, 1.82) is 0 Å². The minimum absolute atomic E-state index is 1.15. The quantitative estimate of drug-likeness (QED) is 0.114. The first-order valence-corrected chi connectivity index (χ1v) is 21.7. The SMILES string of the molecule is c1ccc(-c2ccccc2-n2c3ccccc3c3cccc(-n4c5ccccc5c5c([Si](c6ccccc6)(c6ccccc6)c6ccccc6)cccc54)c32)cc1. The second-order valence-electron chi connectivity index (χ2n) is 14.8. The molecule has 57 heavy (non-hydrogen) atoms. The fourth-order valence-corrected chi connectivity index (χ4v) is 14.6. The highest BCUT2D eigenvalue weighted by molar-refractivity contribution is 7.20. The highest BCUT2D eigenvalue weighted by Crippen LogP contribution is 2.41. The van der Waals surface area contributed by atoms with E-state index in [1.54, 1.807) is 0 Å². The Labute approximate surface area is 333 Å². The Morgan fingerprint density at radius 3 is 1.40 bits per heavy atom. The molecule has 2 nitrogen and oxygen atoms in total. The van der Waals surface area contributed by atoms with Gasteiger partial charge < -0.3 is 9.13 Å². The van der Waals surface area contributed by atoms with Gasteiger partial charge in [-0.2, -0.15) is 0 Å². The second-order valence-corrected chi connectivity index (χ2v) is 18.6. The van der Waals surface area contributed by atoms with Crippen molar-refractivity contribution in [3.05, 3.63) is 231 Å². The van der Waals surface area contributed by atoms with Gasteiger partial charge in [-0.15, -0.1) is 0 Å². The van der Waals surface area contributed by atoms with Gasteiger partial charge in [-0.3, -0.25) is 0 Å². The lowest BCUT2D eigenvalue weighted by Gasteiger charge is -2.35. The lowest BCUT2D eigenvalue weighted by Crippen LogP contribution is -2.74. The molecule has 3 heteroatoms. The van der Waals surface area contributed by atoms with Crippen LogP contribution < -0.4 is 20.7 Å². The summed E-state index contributed by atoms with van der Waals surface area (Å²) in [6, 6.07) is 85.2. The summed E-state index contributed by atoms with van der Waals surface area (Å²) in [6.07, 6.45) is 0. The van der Waals surface area contributed by atoms with Crippen LogP contribution in [0.5, 0.6) is 0 Å². The fourth-order valence-electron chi connectivity index (χ4n) is 9.58. The molecule has 2 aromatic heterocycles. The maximum atomic E-state index is 2.54. The Morgan fingerprint density at radius 2 is 0.754 bits per heavy atom. The zero-order valence-electron chi connectivity index (χ0n) is 31.3. The highest BCUT2D eigenvalue weighted by Gasteiger charge is 2.43. The lowest BCUT2D eigenvalue weighted by molar-refractivity contribution is 1.13. The summed E-state index contributed by atoms with van der Waals surface area (Å²) in [5.41, 5.74) is 9.48. The molecule has 268 valence electrons. The topological polar surface area (TPSA) is 9.86 Å². The molecule has 0 fully saturated rings. The molecular weight excluding hydrogens is 705 g/mol. The van der Waals surface area contributed by atoms with E-state index in [0.717, 1.165) is 11.4 Å². The monoisotopic (exact) mass is 742 g/mol. The first-order chi connectivity index (χ1) is 28.3. The smallest absolute Gasteiger partial charge is 0.180 e. The summed E-state index contributed by atoms with van der Waals surface area (Å²) in [5, 5.41) is 10.5. The molecule has 0 radical (unpaired) electrons. The van der Waals surface area contributed by atoms with Gasteiger partial charge in [-0.25, -0.2) is 0 Å². The van der Waals surface area contributed by atoms with Crippen molar-refractivity contribution in [2.45, 2.75) is 0 Å². The maximum absolute atomic E-state index is 2.88. The molecule has 0 aliphatic rings. The predicted molar refractivity (Wildman–Crippen MR) is 244 cm³/mol. The Hall–Kier alpha value is -7.20. The molecule has 0 bridgehead atoms. The molecule has 11 aromatic rings. The number of hydrogen-bond donors (Lipinski definition) is 0. The van der Waals surface area contributed by atoms with Crippen LogP contribution in [0.2, 0.25) is 0 Å². The number of benzene rings is 9. The first kappa shape index (κ1) is 33.2. The predicted octanol–water partition coefficient (Wildman–Crippen LogP) is 10.9. The van der Waals surface area contributed by atoms with E-state index >= 15 is 0 Å². The normalized spacial score (nSPS) is 11.9. The van der Waals surface area contributed by atoms with E-state index in [2.05, 4.69) is 240 Å². The molecule has 0 aliphatic heterocycles. The average molecular weight is 743 g/mol. The Balaban J connectivity index is 1.30. The van der Waals surface area contributed by atoms with Crippen LogP contribution in [0.3, 0.4) is 0 Å². The Kier molecular flexibility index (Phi) is 7.87. The molecule has 0 atom stereocenters. The number of hydrogen-bond acceptors (Lipinski definition) is 0. The molecule has 2 heterocycles. The van der Waals surface area contributed by atoms with Crippen molar-refractivity contribution < 1.29 is 0 Å². The second kappa shape index (κ2) is 13.5. The van der Waals surface area contributed by atoms with Crippen LogP contribution in [0.15, 0.2) is 231 Å². The third-order valence-corrected chi connectivity index (χ3v) is 16.7. The summed E-state index contributed by atoms with van der Waals surface area (Å²) < 4.78 is 5.04. The third-order valence-electron chi connectivity index (χ3n) is 11.9. The van der Waals surface area contributed by atoms with Gasteiger partial charge in [0.1, 0.15) is 0 Å². The van der Waals surface area contributed by atoms with Gasteiger partial charge in [-0.05, 0) is 56.6 Å². The minimum Gasteiger partial charge on any atom is -0.307 e. The summed E-state index contributed by atoms with van der Waals surface area (Å²) in [4.78, 5) is 0. The number of fused-ring (bicyclic) bond motifs is 6. The zero-order valence-corrected chi connectivity index (χ0v) is 32.3. The highest BCUT2D eigenvalue weighted by atomic mass is 28.3. The van der Waals surface area contributed by atoms with Crippen molar-refractivity contribution in [3.8, 4) is 22.5 Å². The van der Waals surface area contributed by atoms with Gasteiger partial charge in [0.25, 0.3) is 0 Å². The molecule has 0 spiro atoms. The summed E-state index contributed by atoms with van der Waals surface area (Å²) in [7, 11) is -2.88. The van der Waals surface area contributed by atoms with E-state index < -0.39 is 8.07 Å². The van der Waals surface area contributed by atoms with Crippen molar-refractivity contribution >= 4 is 72.4 Å². The summed E-state index contributed by atoms with van der Waals surface area (Å²) in [6.45, 7) is 0. The Bertz CT molecular complexity index is 3120. The molecule has 0 aliphatic carbocycles. The molecule has 0 N–H and O–H groups in total. The summed E-state index contributed by atoms with van der Waals surface area (Å²) in [5.74, 6) is 0. The lowest BCUT2D eigenvalue weighted by atomic mass is 10.0. The minimum atomic E-state index is -2.88. The van der Waals surface area contributed by atoms with Crippen LogP contribution in [0.1, 0.15) is 0 Å². The third kappa shape index (κ3) is 5.03. The van der Waals surface area contributed by atoms with Crippen LogP contribution in [-0.4, -0.2) is 17.2 Å². The average Bonchev–Trinajstić information content (AvgIpc) is 3.82. The summed E-state index contributed by atoms with van der Waals surface area (Å²) >= 11 is 0. The fraction of sp³-hybridized carbons (Fsp3) is 0. The van der Waals surface area contributed by atoms with E-state index in [4.69, 9.17) is 0 Å².